The van der Waals surface area contributed by atoms with Gasteiger partial charge in [-0.05, 0) is 12.3 Å². The third kappa shape index (κ3) is 2.35. The van der Waals surface area contributed by atoms with Gasteiger partial charge >= 0.3 is 0 Å². The maximum Gasteiger partial charge on any atom is 0.00997 e. The van der Waals surface area contributed by atoms with Crippen LogP contribution in [0.4, 0.5) is 0 Å². The number of unbranched alkanes of at least 4 members (excludes halogenated alkanes) is 1. The van der Waals surface area contributed by atoms with Gasteiger partial charge in [0.1, 0.15) is 0 Å². The lowest BCUT2D eigenvalue weighted by atomic mass is 9.82. The number of hydrogen-bond acceptors (Lipinski definition) is 0. The van der Waals surface area contributed by atoms with Crippen molar-refractivity contribution in [2.24, 2.45) is 5.92 Å². The molecule has 1 aliphatic rings. The predicted octanol–water partition coefficient (Wildman–Crippen LogP) is 2.24. The van der Waals surface area contributed by atoms with E-state index in [4.69, 9.17) is 5.73 Å². The molecule has 0 saturated heterocycles. The van der Waals surface area contributed by atoms with Crippen molar-refractivity contribution >= 4 is 0 Å². The van der Waals surface area contributed by atoms with E-state index in [2.05, 4.69) is 0 Å². The maximum atomic E-state index is 6.92. The number of hydrogen-bond donors (Lipinski definition) is 0. The molecule has 1 rings (SSSR count). The Hall–Kier alpha value is -0.0400. The van der Waals surface area contributed by atoms with Gasteiger partial charge in [-0.1, -0.05) is 32.1 Å². The average molecular weight is 126 g/mol. The van der Waals surface area contributed by atoms with Crippen molar-refractivity contribution in [3.8, 4) is 0 Å². The highest BCUT2D eigenvalue weighted by molar-refractivity contribution is 4.68. The second-order valence-corrected chi connectivity index (χ2v) is 3.04. The van der Waals surface area contributed by atoms with E-state index < -0.39 is 0 Å². The highest BCUT2D eigenvalue weighted by Crippen LogP contribution is 2.30. The van der Waals surface area contributed by atoms with Crippen LogP contribution in [0.5, 0.6) is 0 Å². The van der Waals surface area contributed by atoms with E-state index in [1.807, 2.05) is 0 Å². The van der Waals surface area contributed by atoms with Gasteiger partial charge in [0.2, 0.25) is 0 Å². The lowest BCUT2D eigenvalue weighted by Crippen LogP contribution is -2.10. The Kier molecular flexibility index (Phi) is 3.05. The molecule has 0 aromatic rings. The molecular formula is C8H16N. The molecule has 0 amide bonds. The molecule has 0 unspecified atom stereocenters. The monoisotopic (exact) mass is 126 g/mol. The molecule has 1 fully saturated rings. The zero-order chi connectivity index (χ0) is 6.53. The molecule has 0 spiro atoms. The standard InChI is InChI=1S/C8H16N/c9-7-2-1-4-8-5-3-6-8/h8-9H,1-7H2. The third-order valence-corrected chi connectivity index (χ3v) is 2.26. The van der Waals surface area contributed by atoms with E-state index in [-0.39, 0.29) is 0 Å². The largest absolute Gasteiger partial charge is 0.258 e. The lowest BCUT2D eigenvalue weighted by Gasteiger charge is -2.24. The maximum absolute atomic E-state index is 6.92. The van der Waals surface area contributed by atoms with Gasteiger partial charge in [-0.2, -0.15) is 0 Å². The average Bonchev–Trinajstić information content (AvgIpc) is 1.76. The van der Waals surface area contributed by atoms with Crippen molar-refractivity contribution < 1.29 is 0 Å². The fourth-order valence-electron chi connectivity index (χ4n) is 1.34. The molecule has 0 atom stereocenters. The third-order valence-electron chi connectivity index (χ3n) is 2.26. The topological polar surface area (TPSA) is 23.8 Å². The summed E-state index contributed by atoms with van der Waals surface area (Å²) in [5.74, 6) is 1.05. The van der Waals surface area contributed by atoms with Crippen LogP contribution < -0.4 is 5.73 Å². The summed E-state index contributed by atoms with van der Waals surface area (Å²) in [7, 11) is 0. The second kappa shape index (κ2) is 3.89. The first kappa shape index (κ1) is 7.07. The summed E-state index contributed by atoms with van der Waals surface area (Å²) in [6, 6.07) is 0. The summed E-state index contributed by atoms with van der Waals surface area (Å²) in [4.78, 5) is 0. The van der Waals surface area contributed by atoms with Crippen LogP contribution in [0.15, 0.2) is 0 Å². The summed E-state index contributed by atoms with van der Waals surface area (Å²) >= 11 is 0. The van der Waals surface area contributed by atoms with Crippen LogP contribution in [0.3, 0.4) is 0 Å². The van der Waals surface area contributed by atoms with Crippen LogP contribution in [0, 0.1) is 5.92 Å². The van der Waals surface area contributed by atoms with E-state index in [0.717, 1.165) is 12.3 Å². The predicted molar refractivity (Wildman–Crippen MR) is 39.2 cm³/mol. The van der Waals surface area contributed by atoms with Gasteiger partial charge in [-0.15, -0.1) is 0 Å². The van der Waals surface area contributed by atoms with Crippen LogP contribution >= 0.6 is 0 Å². The number of rotatable bonds is 4. The SMILES string of the molecule is [NH]CCCCC1CCC1. The molecule has 0 aliphatic heterocycles. The molecule has 0 aromatic heterocycles. The van der Waals surface area contributed by atoms with Crippen LogP contribution in [0.2, 0.25) is 0 Å². The first-order valence-corrected chi connectivity index (χ1v) is 4.08. The molecule has 1 saturated carbocycles. The molecule has 1 heteroatoms. The molecule has 53 valence electrons. The molecule has 0 aromatic carbocycles. The first-order valence-electron chi connectivity index (χ1n) is 4.08. The van der Waals surface area contributed by atoms with Gasteiger partial charge in [-0.3, -0.25) is 5.73 Å². The highest BCUT2D eigenvalue weighted by Gasteiger charge is 2.15. The van der Waals surface area contributed by atoms with Crippen molar-refractivity contribution in [2.75, 3.05) is 6.54 Å². The van der Waals surface area contributed by atoms with Crippen molar-refractivity contribution in [2.45, 2.75) is 38.5 Å². The molecule has 0 bridgehead atoms. The quantitative estimate of drug-likeness (QED) is 0.516. The number of nitrogens with one attached hydrogen (secondary N) is 1. The Balaban J connectivity index is 1.80. The molecule has 0 heterocycles. The van der Waals surface area contributed by atoms with Gasteiger partial charge in [-0.25, -0.2) is 0 Å². The van der Waals surface area contributed by atoms with E-state index >= 15 is 0 Å². The fraction of sp³-hybridized carbons (Fsp3) is 1.00. The minimum Gasteiger partial charge on any atom is -0.258 e. The minimum atomic E-state index is 0.632. The summed E-state index contributed by atoms with van der Waals surface area (Å²) < 4.78 is 0. The van der Waals surface area contributed by atoms with Crippen LogP contribution in [0.25, 0.3) is 0 Å². The summed E-state index contributed by atoms with van der Waals surface area (Å²) in [5.41, 5.74) is 6.92. The zero-order valence-electron chi connectivity index (χ0n) is 6.03. The van der Waals surface area contributed by atoms with Gasteiger partial charge in [0.15, 0.2) is 0 Å². The highest BCUT2D eigenvalue weighted by atomic mass is 14.5. The summed E-state index contributed by atoms with van der Waals surface area (Å²) in [6.07, 6.45) is 8.23. The Morgan fingerprint density at radius 1 is 1.22 bits per heavy atom. The van der Waals surface area contributed by atoms with Crippen LogP contribution in [0.1, 0.15) is 38.5 Å². The van der Waals surface area contributed by atoms with E-state index in [9.17, 15) is 0 Å². The summed E-state index contributed by atoms with van der Waals surface area (Å²) in [5, 5.41) is 0. The Morgan fingerprint density at radius 3 is 2.44 bits per heavy atom. The molecule has 9 heavy (non-hydrogen) atoms. The molecule has 1 aliphatic carbocycles. The van der Waals surface area contributed by atoms with Crippen molar-refractivity contribution in [1.29, 1.82) is 0 Å². The van der Waals surface area contributed by atoms with Gasteiger partial charge in [0.05, 0.1) is 0 Å². The molecule has 1 N–H and O–H groups in total. The summed E-state index contributed by atoms with van der Waals surface area (Å²) in [6.45, 7) is 0.632. The zero-order valence-corrected chi connectivity index (χ0v) is 6.03. The van der Waals surface area contributed by atoms with Crippen molar-refractivity contribution in [1.82, 2.24) is 5.73 Å². The lowest BCUT2D eigenvalue weighted by molar-refractivity contribution is 0.288. The van der Waals surface area contributed by atoms with Gasteiger partial charge in [0, 0.05) is 6.54 Å². The fourth-order valence-corrected chi connectivity index (χ4v) is 1.34. The Morgan fingerprint density at radius 2 is 2.00 bits per heavy atom. The van der Waals surface area contributed by atoms with Crippen molar-refractivity contribution in [3.63, 3.8) is 0 Å². The van der Waals surface area contributed by atoms with E-state index in [0.29, 0.717) is 6.54 Å². The van der Waals surface area contributed by atoms with E-state index in [1.54, 1.807) is 0 Å². The van der Waals surface area contributed by atoms with Gasteiger partial charge < -0.3 is 0 Å². The Labute approximate surface area is 57.6 Å². The molecule has 1 nitrogen and oxygen atoms in total. The van der Waals surface area contributed by atoms with Crippen LogP contribution in [-0.2, 0) is 0 Å². The minimum absolute atomic E-state index is 0.632. The van der Waals surface area contributed by atoms with Gasteiger partial charge in [0.25, 0.3) is 0 Å². The first-order chi connectivity index (χ1) is 4.43. The molecule has 1 radical (unpaired) electrons. The normalized spacial score (nSPS) is 19.7. The molecular weight excluding hydrogens is 110 g/mol. The smallest absolute Gasteiger partial charge is 0.00997 e. The van der Waals surface area contributed by atoms with Crippen LogP contribution in [-0.4, -0.2) is 6.54 Å². The van der Waals surface area contributed by atoms with Crippen molar-refractivity contribution in [3.05, 3.63) is 0 Å². The Bertz CT molecular complexity index is 67.0. The second-order valence-electron chi connectivity index (χ2n) is 3.04. The van der Waals surface area contributed by atoms with E-state index in [1.165, 1.54) is 32.1 Å².